The highest BCUT2D eigenvalue weighted by Gasteiger charge is 2.16. The average molecular weight is 819 g/mol. The van der Waals surface area contributed by atoms with Crippen molar-refractivity contribution in [1.29, 1.82) is 0 Å². The molecule has 0 radical (unpaired) electrons. The van der Waals surface area contributed by atoms with Gasteiger partial charge >= 0.3 is 11.9 Å². The van der Waals surface area contributed by atoms with Crippen molar-refractivity contribution in [3.63, 3.8) is 0 Å². The lowest BCUT2D eigenvalue weighted by Crippen LogP contribution is -2.28. The monoisotopic (exact) mass is 819 g/mol. The van der Waals surface area contributed by atoms with Crippen molar-refractivity contribution in [1.82, 2.24) is 0 Å². The molecule has 0 aliphatic rings. The summed E-state index contributed by atoms with van der Waals surface area (Å²) in [5.41, 5.74) is 0. The standard InChI is InChI=1S/C54H90O5/c1-3-5-7-9-11-13-15-16-17-18-19-20-21-22-23-24-25-26-27-28-29-30-31-32-33-34-35-36-37-38-39-41-43-45-47-49-54(57)59-52(50-55)51-58-53(56)48-46-44-42-40-14-12-10-8-6-4-2/h5,7-8,10-11,13,16-17,19-20,22-23,25-26,28-29,52,55H,3-4,6,9,12,14-15,18,21,24,27,30-51H2,1-2H3/b7-5-,10-8-,13-11-,17-16-,20-19-,23-22-,26-25-,29-28-. The highest BCUT2D eigenvalue weighted by molar-refractivity contribution is 5.70. The number of rotatable bonds is 43. The number of hydrogen-bond donors (Lipinski definition) is 1. The molecular weight excluding hydrogens is 729 g/mol. The van der Waals surface area contributed by atoms with E-state index in [2.05, 4.69) is 111 Å². The Morgan fingerprint density at radius 3 is 1.12 bits per heavy atom. The second kappa shape index (κ2) is 49.2. The van der Waals surface area contributed by atoms with Crippen LogP contribution in [-0.2, 0) is 19.1 Å². The molecule has 0 saturated heterocycles. The first kappa shape index (κ1) is 55.8. The van der Waals surface area contributed by atoms with Crippen molar-refractivity contribution in [2.45, 2.75) is 219 Å². The summed E-state index contributed by atoms with van der Waals surface area (Å²) < 4.78 is 10.6. The summed E-state index contributed by atoms with van der Waals surface area (Å²) in [7, 11) is 0. The van der Waals surface area contributed by atoms with Crippen LogP contribution in [0.3, 0.4) is 0 Å². The summed E-state index contributed by atoms with van der Waals surface area (Å²) in [5.74, 6) is -0.608. The molecular formula is C54H90O5. The fraction of sp³-hybridized carbons (Fsp3) is 0.667. The zero-order chi connectivity index (χ0) is 42.8. The summed E-state index contributed by atoms with van der Waals surface area (Å²) in [6, 6.07) is 0. The van der Waals surface area contributed by atoms with Gasteiger partial charge in [-0.1, -0.05) is 207 Å². The Morgan fingerprint density at radius 1 is 0.407 bits per heavy atom. The van der Waals surface area contributed by atoms with Gasteiger partial charge in [0.1, 0.15) is 6.61 Å². The lowest BCUT2D eigenvalue weighted by Gasteiger charge is -2.15. The Hall–Kier alpha value is -3.18. The quantitative estimate of drug-likeness (QED) is 0.0377. The molecule has 59 heavy (non-hydrogen) atoms. The van der Waals surface area contributed by atoms with Gasteiger partial charge in [-0.25, -0.2) is 0 Å². The lowest BCUT2D eigenvalue weighted by atomic mass is 10.0. The van der Waals surface area contributed by atoms with Crippen molar-refractivity contribution in [3.05, 3.63) is 97.2 Å². The number of carbonyl (C=O) groups excluding carboxylic acids is 2. The Balaban J connectivity index is 3.52. The van der Waals surface area contributed by atoms with Gasteiger partial charge < -0.3 is 14.6 Å². The molecule has 1 atom stereocenters. The van der Waals surface area contributed by atoms with Gasteiger partial charge in [-0.2, -0.15) is 0 Å². The number of ether oxygens (including phenoxy) is 2. The second-order valence-electron chi connectivity index (χ2n) is 15.8. The minimum Gasteiger partial charge on any atom is -0.462 e. The van der Waals surface area contributed by atoms with Crippen molar-refractivity contribution in [3.8, 4) is 0 Å². The smallest absolute Gasteiger partial charge is 0.306 e. The van der Waals surface area contributed by atoms with Gasteiger partial charge in [0, 0.05) is 12.8 Å². The molecule has 0 heterocycles. The molecule has 336 valence electrons. The summed E-state index contributed by atoms with van der Waals surface area (Å²) in [6.07, 6.45) is 69.4. The van der Waals surface area contributed by atoms with Gasteiger partial charge in [0.05, 0.1) is 6.61 Å². The molecule has 0 amide bonds. The predicted octanol–water partition coefficient (Wildman–Crippen LogP) is 16.0. The third kappa shape index (κ3) is 47.4. The van der Waals surface area contributed by atoms with E-state index in [4.69, 9.17) is 9.47 Å². The lowest BCUT2D eigenvalue weighted by molar-refractivity contribution is -0.161. The molecule has 0 fully saturated rings. The molecule has 5 heteroatoms. The third-order valence-electron chi connectivity index (χ3n) is 10.1. The molecule has 0 spiro atoms. The van der Waals surface area contributed by atoms with Gasteiger partial charge in [0.2, 0.25) is 0 Å². The van der Waals surface area contributed by atoms with Crippen LogP contribution in [0.4, 0.5) is 0 Å². The van der Waals surface area contributed by atoms with Gasteiger partial charge in [-0.15, -0.1) is 0 Å². The van der Waals surface area contributed by atoms with Crippen LogP contribution in [-0.4, -0.2) is 36.4 Å². The van der Waals surface area contributed by atoms with E-state index in [1.165, 1.54) is 89.9 Å². The molecule has 0 rings (SSSR count). The summed E-state index contributed by atoms with van der Waals surface area (Å²) in [6.45, 7) is 3.94. The zero-order valence-electron chi connectivity index (χ0n) is 38.2. The first-order valence-electron chi connectivity index (χ1n) is 24.3. The number of carbonyl (C=O) groups is 2. The Morgan fingerprint density at radius 2 is 0.729 bits per heavy atom. The number of hydrogen-bond acceptors (Lipinski definition) is 5. The summed E-state index contributed by atoms with van der Waals surface area (Å²) in [4.78, 5) is 24.3. The molecule has 0 aliphatic heterocycles. The van der Waals surface area contributed by atoms with E-state index in [0.717, 1.165) is 96.3 Å². The van der Waals surface area contributed by atoms with Gasteiger partial charge in [0.25, 0.3) is 0 Å². The number of unbranched alkanes of at least 4 members (excludes halogenated alkanes) is 19. The van der Waals surface area contributed by atoms with E-state index >= 15 is 0 Å². The van der Waals surface area contributed by atoms with Crippen LogP contribution in [0, 0.1) is 0 Å². The molecule has 0 aromatic carbocycles. The number of esters is 2. The maximum atomic E-state index is 12.2. The topological polar surface area (TPSA) is 72.8 Å². The van der Waals surface area contributed by atoms with Crippen molar-refractivity contribution in [2.75, 3.05) is 13.2 Å². The minimum atomic E-state index is -0.778. The van der Waals surface area contributed by atoms with Crippen LogP contribution in [0.2, 0.25) is 0 Å². The molecule has 1 N–H and O–H groups in total. The van der Waals surface area contributed by atoms with Gasteiger partial charge in [-0.05, 0) is 89.9 Å². The molecule has 0 aromatic heterocycles. The number of allylic oxidation sites excluding steroid dienone is 16. The van der Waals surface area contributed by atoms with Gasteiger partial charge in [0.15, 0.2) is 6.10 Å². The highest BCUT2D eigenvalue weighted by atomic mass is 16.6. The Bertz CT molecular complexity index is 1150. The van der Waals surface area contributed by atoms with E-state index in [-0.39, 0.29) is 25.2 Å². The van der Waals surface area contributed by atoms with E-state index < -0.39 is 6.10 Å². The Labute approximate surface area is 364 Å². The van der Waals surface area contributed by atoms with Crippen LogP contribution in [0.15, 0.2) is 97.2 Å². The maximum absolute atomic E-state index is 12.2. The van der Waals surface area contributed by atoms with Gasteiger partial charge in [-0.3, -0.25) is 9.59 Å². The highest BCUT2D eigenvalue weighted by Crippen LogP contribution is 2.14. The number of aliphatic hydroxyl groups is 1. The molecule has 0 aliphatic carbocycles. The van der Waals surface area contributed by atoms with Crippen LogP contribution in [0.25, 0.3) is 0 Å². The molecule has 0 aromatic rings. The van der Waals surface area contributed by atoms with E-state index in [9.17, 15) is 14.7 Å². The van der Waals surface area contributed by atoms with Crippen LogP contribution < -0.4 is 0 Å². The largest absolute Gasteiger partial charge is 0.462 e. The maximum Gasteiger partial charge on any atom is 0.306 e. The third-order valence-corrected chi connectivity index (χ3v) is 10.1. The summed E-state index contributed by atoms with van der Waals surface area (Å²) >= 11 is 0. The first-order chi connectivity index (χ1) is 29.1. The van der Waals surface area contributed by atoms with Crippen molar-refractivity contribution < 1.29 is 24.2 Å². The normalized spacial score (nSPS) is 13.1. The summed E-state index contributed by atoms with van der Waals surface area (Å²) in [5, 5.41) is 9.57. The van der Waals surface area contributed by atoms with Crippen LogP contribution >= 0.6 is 0 Å². The fourth-order valence-corrected chi connectivity index (χ4v) is 6.48. The average Bonchev–Trinajstić information content (AvgIpc) is 3.24. The fourth-order valence-electron chi connectivity index (χ4n) is 6.48. The Kier molecular flexibility index (Phi) is 46.5. The van der Waals surface area contributed by atoms with Crippen molar-refractivity contribution >= 4 is 11.9 Å². The second-order valence-corrected chi connectivity index (χ2v) is 15.8. The molecule has 5 nitrogen and oxygen atoms in total. The molecule has 0 saturated carbocycles. The minimum absolute atomic E-state index is 0.0738. The van der Waals surface area contributed by atoms with Crippen LogP contribution in [0.1, 0.15) is 213 Å². The van der Waals surface area contributed by atoms with E-state index in [0.29, 0.717) is 12.8 Å². The van der Waals surface area contributed by atoms with Crippen LogP contribution in [0.5, 0.6) is 0 Å². The predicted molar refractivity (Wildman–Crippen MR) is 256 cm³/mol. The SMILES string of the molecule is CC/C=C\C/C=C\C/C=C\C/C=C\C/C=C\C/C=C\C/C=C\CCCCCCCCCCCCCCCC(=O)OC(CO)COC(=O)CCCCCCC/C=C\CCC. The van der Waals surface area contributed by atoms with E-state index in [1.54, 1.807) is 0 Å². The zero-order valence-corrected chi connectivity index (χ0v) is 38.2. The first-order valence-corrected chi connectivity index (χ1v) is 24.3. The van der Waals surface area contributed by atoms with Crippen molar-refractivity contribution in [2.24, 2.45) is 0 Å². The molecule has 1 unspecified atom stereocenters. The molecule has 0 bridgehead atoms. The van der Waals surface area contributed by atoms with E-state index in [1.807, 2.05) is 0 Å². The number of aliphatic hydroxyl groups excluding tert-OH is 1.